The maximum atomic E-state index is 11.3. The summed E-state index contributed by atoms with van der Waals surface area (Å²) in [4.78, 5) is 15.9. The predicted molar refractivity (Wildman–Crippen MR) is 101 cm³/mol. The summed E-state index contributed by atoms with van der Waals surface area (Å²) < 4.78 is 11.3. The van der Waals surface area contributed by atoms with Gasteiger partial charge in [-0.25, -0.2) is 4.98 Å². The third-order valence-electron chi connectivity index (χ3n) is 3.75. The molecule has 0 aliphatic heterocycles. The molecule has 0 aliphatic carbocycles. The Morgan fingerprint density at radius 3 is 2.42 bits per heavy atom. The van der Waals surface area contributed by atoms with Gasteiger partial charge >= 0.3 is 5.97 Å². The number of para-hydroxylation sites is 1. The number of carbonyl (C=O) groups is 1. The molecule has 26 heavy (non-hydrogen) atoms. The van der Waals surface area contributed by atoms with Crippen LogP contribution in [-0.2, 0) is 4.79 Å². The summed E-state index contributed by atoms with van der Waals surface area (Å²) in [5, 5.41) is 20.0. The van der Waals surface area contributed by atoms with Gasteiger partial charge in [0.1, 0.15) is 5.01 Å². The number of phenolic OH excluding ortho intramolecular Hbond substituents is 1. The van der Waals surface area contributed by atoms with Crippen LogP contribution < -0.4 is 9.47 Å². The van der Waals surface area contributed by atoms with Crippen molar-refractivity contribution in [3.8, 4) is 17.2 Å². The highest BCUT2D eigenvalue weighted by molar-refractivity contribution is 7.19. The van der Waals surface area contributed by atoms with Gasteiger partial charge in [-0.05, 0) is 41.5 Å². The summed E-state index contributed by atoms with van der Waals surface area (Å²) in [6.45, 7) is 0. The quantitative estimate of drug-likeness (QED) is 0.680. The number of aromatic hydroxyl groups is 1. The molecule has 0 aliphatic rings. The number of nitrogens with zero attached hydrogens (tertiary/aromatic N) is 1. The Balaban J connectivity index is 2.11. The zero-order valence-electron chi connectivity index (χ0n) is 14.2. The van der Waals surface area contributed by atoms with Crippen LogP contribution in [0.1, 0.15) is 17.0 Å². The van der Waals surface area contributed by atoms with Crippen molar-refractivity contribution in [2.24, 2.45) is 0 Å². The molecule has 0 fully saturated rings. The number of rotatable bonds is 6. The highest BCUT2D eigenvalue weighted by Crippen LogP contribution is 2.38. The molecule has 0 atom stereocenters. The topological polar surface area (TPSA) is 88.9 Å². The van der Waals surface area contributed by atoms with Crippen LogP contribution in [0, 0.1) is 0 Å². The van der Waals surface area contributed by atoms with Crippen molar-refractivity contribution in [1.82, 2.24) is 4.98 Å². The highest BCUT2D eigenvalue weighted by atomic mass is 32.1. The second-order valence-electron chi connectivity index (χ2n) is 5.50. The molecular formula is C19H17NO5S. The van der Waals surface area contributed by atoms with Crippen molar-refractivity contribution in [2.75, 3.05) is 14.2 Å². The molecule has 1 aromatic heterocycles. The summed E-state index contributed by atoms with van der Waals surface area (Å²) in [5.74, 6) is -0.565. The predicted octanol–water partition coefficient (Wildman–Crippen LogP) is 4.03. The molecular weight excluding hydrogens is 354 g/mol. The fourth-order valence-electron chi connectivity index (χ4n) is 2.56. The minimum absolute atomic E-state index is 0.105. The number of hydrogen-bond donors (Lipinski definition) is 2. The Bertz CT molecular complexity index is 935. The van der Waals surface area contributed by atoms with Crippen LogP contribution in [0.25, 0.3) is 21.9 Å². The Labute approximate surface area is 154 Å². The molecule has 0 bridgehead atoms. The first-order valence-electron chi connectivity index (χ1n) is 7.75. The van der Waals surface area contributed by atoms with E-state index < -0.39 is 5.97 Å². The number of hydrogen-bond acceptors (Lipinski definition) is 6. The lowest BCUT2D eigenvalue weighted by Crippen LogP contribution is -1.97. The van der Waals surface area contributed by atoms with Crippen LogP contribution in [0.5, 0.6) is 17.2 Å². The average molecular weight is 371 g/mol. The third-order valence-corrected chi connectivity index (χ3v) is 4.87. The smallest absolute Gasteiger partial charge is 0.307 e. The van der Waals surface area contributed by atoms with Gasteiger partial charge in [-0.2, -0.15) is 0 Å². The largest absolute Gasteiger partial charge is 0.502 e. The molecule has 6 nitrogen and oxygen atoms in total. The molecule has 2 N–H and O–H groups in total. The summed E-state index contributed by atoms with van der Waals surface area (Å²) in [7, 11) is 2.88. The van der Waals surface area contributed by atoms with E-state index in [1.807, 2.05) is 24.3 Å². The molecule has 0 amide bonds. The van der Waals surface area contributed by atoms with E-state index in [9.17, 15) is 15.0 Å². The van der Waals surface area contributed by atoms with Crippen molar-refractivity contribution < 1.29 is 24.5 Å². The van der Waals surface area contributed by atoms with Gasteiger partial charge in [-0.1, -0.05) is 12.1 Å². The van der Waals surface area contributed by atoms with Gasteiger partial charge < -0.3 is 19.7 Å². The monoisotopic (exact) mass is 371 g/mol. The van der Waals surface area contributed by atoms with Crippen LogP contribution in [0.4, 0.5) is 0 Å². The van der Waals surface area contributed by atoms with Crippen molar-refractivity contribution in [2.45, 2.75) is 6.42 Å². The fraction of sp³-hybridized carbons (Fsp3) is 0.158. The molecule has 0 saturated heterocycles. The Kier molecular flexibility index (Phi) is 5.09. The first kappa shape index (κ1) is 17.8. The maximum Gasteiger partial charge on any atom is 0.307 e. The lowest BCUT2D eigenvalue weighted by Gasteiger charge is -2.10. The second kappa shape index (κ2) is 7.45. The van der Waals surface area contributed by atoms with Gasteiger partial charge in [0.25, 0.3) is 0 Å². The Hall–Kier alpha value is -3.06. The number of fused-ring (bicyclic) bond motifs is 1. The van der Waals surface area contributed by atoms with Crippen LogP contribution in [0.15, 0.2) is 36.4 Å². The van der Waals surface area contributed by atoms with E-state index in [1.54, 1.807) is 18.2 Å². The van der Waals surface area contributed by atoms with E-state index in [1.165, 1.54) is 25.6 Å². The molecule has 7 heteroatoms. The number of aromatic nitrogens is 1. The maximum absolute atomic E-state index is 11.3. The Morgan fingerprint density at radius 2 is 1.85 bits per heavy atom. The lowest BCUT2D eigenvalue weighted by molar-refractivity contribution is -0.135. The fourth-order valence-corrected chi connectivity index (χ4v) is 3.54. The summed E-state index contributed by atoms with van der Waals surface area (Å²) >= 11 is 1.44. The zero-order chi connectivity index (χ0) is 18.7. The van der Waals surface area contributed by atoms with Crippen molar-refractivity contribution >= 4 is 39.2 Å². The van der Waals surface area contributed by atoms with Gasteiger partial charge in [0.2, 0.25) is 5.75 Å². The van der Waals surface area contributed by atoms with Gasteiger partial charge in [0.05, 0.1) is 30.9 Å². The van der Waals surface area contributed by atoms with Crippen molar-refractivity contribution in [3.63, 3.8) is 0 Å². The minimum atomic E-state index is -0.951. The van der Waals surface area contributed by atoms with Gasteiger partial charge in [-0.15, -0.1) is 11.3 Å². The zero-order valence-corrected chi connectivity index (χ0v) is 15.0. The van der Waals surface area contributed by atoms with Gasteiger partial charge in [0, 0.05) is 0 Å². The number of thiazole rings is 1. The number of carboxylic acids is 1. The van der Waals surface area contributed by atoms with E-state index >= 15 is 0 Å². The van der Waals surface area contributed by atoms with Crippen LogP contribution in [-0.4, -0.2) is 35.4 Å². The summed E-state index contributed by atoms with van der Waals surface area (Å²) in [6, 6.07) is 10.9. The van der Waals surface area contributed by atoms with Crippen LogP contribution >= 0.6 is 11.3 Å². The molecule has 3 aromatic rings. The van der Waals surface area contributed by atoms with Crippen LogP contribution in [0.3, 0.4) is 0 Å². The number of benzene rings is 2. The van der Waals surface area contributed by atoms with E-state index in [0.29, 0.717) is 16.1 Å². The SMILES string of the molecule is COc1cc(/C=C(\CC(=O)O)c2nc3ccccc3s2)cc(OC)c1O. The van der Waals surface area contributed by atoms with Crippen molar-refractivity contribution in [3.05, 3.63) is 47.0 Å². The lowest BCUT2D eigenvalue weighted by atomic mass is 10.1. The number of phenols is 1. The first-order valence-corrected chi connectivity index (χ1v) is 8.56. The Morgan fingerprint density at radius 1 is 1.19 bits per heavy atom. The van der Waals surface area contributed by atoms with E-state index in [2.05, 4.69) is 4.98 Å². The van der Waals surface area contributed by atoms with E-state index in [4.69, 9.17) is 9.47 Å². The molecule has 134 valence electrons. The molecule has 0 unspecified atom stereocenters. The van der Waals surface area contributed by atoms with E-state index in [0.717, 1.165) is 10.2 Å². The molecule has 0 spiro atoms. The van der Waals surface area contributed by atoms with Crippen molar-refractivity contribution in [1.29, 1.82) is 0 Å². The normalized spacial score (nSPS) is 11.5. The molecule has 0 radical (unpaired) electrons. The average Bonchev–Trinajstić information content (AvgIpc) is 3.06. The number of aliphatic carboxylic acids is 1. The second-order valence-corrected chi connectivity index (χ2v) is 6.53. The molecule has 3 rings (SSSR count). The minimum Gasteiger partial charge on any atom is -0.502 e. The molecule has 2 aromatic carbocycles. The van der Waals surface area contributed by atoms with Crippen LogP contribution in [0.2, 0.25) is 0 Å². The first-order chi connectivity index (χ1) is 12.5. The summed E-state index contributed by atoms with van der Waals surface area (Å²) in [6.07, 6.45) is 1.54. The number of ether oxygens (including phenoxy) is 2. The molecule has 0 saturated carbocycles. The third kappa shape index (κ3) is 3.62. The highest BCUT2D eigenvalue weighted by Gasteiger charge is 2.15. The van der Waals surface area contributed by atoms with E-state index in [-0.39, 0.29) is 23.7 Å². The number of carboxylic acid groups (broad SMARTS) is 1. The van der Waals surface area contributed by atoms with Gasteiger partial charge in [0.15, 0.2) is 11.5 Å². The van der Waals surface area contributed by atoms with Gasteiger partial charge in [-0.3, -0.25) is 4.79 Å². The molecule has 1 heterocycles. The standard InChI is InChI=1S/C19H17NO5S/c1-24-14-8-11(9-15(25-2)18(14)23)7-12(10-17(21)22)19-20-13-5-3-4-6-16(13)26-19/h3-9,23H,10H2,1-2H3,(H,21,22)/b12-7+. The number of methoxy groups -OCH3 is 2. The summed E-state index contributed by atoms with van der Waals surface area (Å²) in [5.41, 5.74) is 2.03.